The van der Waals surface area contributed by atoms with Crippen molar-refractivity contribution in [2.24, 2.45) is 0 Å². The molecule has 1 aliphatic rings. The van der Waals surface area contributed by atoms with E-state index in [1.807, 2.05) is 0 Å². The molecule has 0 saturated carbocycles. The predicted octanol–water partition coefficient (Wildman–Crippen LogP) is 1.99. The fourth-order valence-electron chi connectivity index (χ4n) is 1.88. The number of nitrogens with zero attached hydrogens (tertiary/aromatic N) is 1. The summed E-state index contributed by atoms with van der Waals surface area (Å²) >= 11 is 0. The first-order valence-corrected chi connectivity index (χ1v) is 5.50. The predicted molar refractivity (Wildman–Crippen MR) is 63.2 cm³/mol. The Labute approximate surface area is 90.8 Å². The maximum atomic E-state index is 8.79. The zero-order chi connectivity index (χ0) is 10.5. The molecule has 0 saturated heterocycles. The molecule has 1 N–H and O–H groups in total. The lowest BCUT2D eigenvalue weighted by atomic mass is 10.1. The summed E-state index contributed by atoms with van der Waals surface area (Å²) in [6.45, 7) is 2.31. The second-order valence-corrected chi connectivity index (χ2v) is 3.87. The van der Waals surface area contributed by atoms with Crippen LogP contribution in [-0.4, -0.2) is 24.8 Å². The Morgan fingerprint density at radius 2 is 2.00 bits per heavy atom. The summed E-state index contributed by atoms with van der Waals surface area (Å²) in [4.78, 5) is 2.34. The number of rotatable bonds is 4. The van der Waals surface area contributed by atoms with Crippen molar-refractivity contribution in [3.8, 4) is 0 Å². The van der Waals surface area contributed by atoms with E-state index in [9.17, 15) is 0 Å². The van der Waals surface area contributed by atoms with Gasteiger partial charge in [0, 0.05) is 25.4 Å². The lowest BCUT2D eigenvalue weighted by Gasteiger charge is -2.18. The second kappa shape index (κ2) is 4.99. The SMILES string of the molecule is OCCCc1cccc(N2CC=CC2)c1. The summed E-state index contributed by atoms with van der Waals surface area (Å²) in [5.74, 6) is 0. The van der Waals surface area contributed by atoms with Crippen LogP contribution in [0.25, 0.3) is 0 Å². The van der Waals surface area contributed by atoms with Crippen LogP contribution in [0.4, 0.5) is 5.69 Å². The first-order chi connectivity index (χ1) is 7.40. The number of hydrogen-bond acceptors (Lipinski definition) is 2. The van der Waals surface area contributed by atoms with Gasteiger partial charge in [-0.2, -0.15) is 0 Å². The summed E-state index contributed by atoms with van der Waals surface area (Å²) in [6, 6.07) is 8.60. The summed E-state index contributed by atoms with van der Waals surface area (Å²) < 4.78 is 0. The molecular weight excluding hydrogens is 186 g/mol. The van der Waals surface area contributed by atoms with Gasteiger partial charge in [-0.1, -0.05) is 24.3 Å². The highest BCUT2D eigenvalue weighted by atomic mass is 16.2. The van der Waals surface area contributed by atoms with Gasteiger partial charge in [-0.15, -0.1) is 0 Å². The van der Waals surface area contributed by atoms with Crippen LogP contribution in [0.15, 0.2) is 36.4 Å². The number of anilines is 1. The normalized spacial score (nSPS) is 14.9. The third-order valence-corrected chi connectivity index (χ3v) is 2.72. The van der Waals surface area contributed by atoms with Crippen molar-refractivity contribution < 1.29 is 5.11 Å². The summed E-state index contributed by atoms with van der Waals surface area (Å²) in [6.07, 6.45) is 6.20. The standard InChI is InChI=1S/C13H17NO/c15-10-4-6-12-5-3-7-13(11-12)14-8-1-2-9-14/h1-3,5,7,11,15H,4,6,8-10H2. The third kappa shape index (κ3) is 2.60. The first-order valence-electron chi connectivity index (χ1n) is 5.50. The maximum absolute atomic E-state index is 8.79. The molecule has 0 fully saturated rings. The number of aliphatic hydroxyl groups is 1. The quantitative estimate of drug-likeness (QED) is 0.756. The van der Waals surface area contributed by atoms with Gasteiger partial charge in [-0.05, 0) is 30.5 Å². The molecule has 1 aromatic carbocycles. The molecule has 80 valence electrons. The van der Waals surface area contributed by atoms with Crippen molar-refractivity contribution in [2.45, 2.75) is 12.8 Å². The Morgan fingerprint density at radius 1 is 1.20 bits per heavy atom. The fraction of sp³-hybridized carbons (Fsp3) is 0.385. The highest BCUT2D eigenvalue weighted by Crippen LogP contribution is 2.19. The molecule has 0 unspecified atom stereocenters. The molecule has 0 spiro atoms. The Bertz CT molecular complexity index is 338. The highest BCUT2D eigenvalue weighted by Gasteiger charge is 2.07. The first kappa shape index (κ1) is 10.2. The van der Waals surface area contributed by atoms with Crippen LogP contribution >= 0.6 is 0 Å². The van der Waals surface area contributed by atoms with E-state index < -0.39 is 0 Å². The van der Waals surface area contributed by atoms with Gasteiger partial charge in [-0.25, -0.2) is 0 Å². The molecule has 0 bridgehead atoms. The third-order valence-electron chi connectivity index (χ3n) is 2.72. The van der Waals surface area contributed by atoms with Gasteiger partial charge in [-0.3, -0.25) is 0 Å². The Kier molecular flexibility index (Phi) is 3.41. The average Bonchev–Trinajstić information content (AvgIpc) is 2.80. The van der Waals surface area contributed by atoms with Crippen LogP contribution in [0.2, 0.25) is 0 Å². The zero-order valence-electron chi connectivity index (χ0n) is 8.89. The molecule has 1 aliphatic heterocycles. The molecule has 0 atom stereocenters. The fourth-order valence-corrected chi connectivity index (χ4v) is 1.88. The van der Waals surface area contributed by atoms with E-state index in [4.69, 9.17) is 5.11 Å². The molecule has 2 rings (SSSR count). The minimum atomic E-state index is 0.273. The van der Waals surface area contributed by atoms with Crippen LogP contribution < -0.4 is 4.90 Å². The molecule has 0 aromatic heterocycles. The van der Waals surface area contributed by atoms with Crippen molar-refractivity contribution >= 4 is 5.69 Å². The van der Waals surface area contributed by atoms with E-state index in [1.54, 1.807) is 0 Å². The lowest BCUT2D eigenvalue weighted by Crippen LogP contribution is -2.18. The minimum absolute atomic E-state index is 0.273. The van der Waals surface area contributed by atoms with E-state index in [0.717, 1.165) is 25.9 Å². The maximum Gasteiger partial charge on any atom is 0.0434 e. The molecular formula is C13H17NO. The number of aliphatic hydroxyl groups excluding tert-OH is 1. The number of benzene rings is 1. The lowest BCUT2D eigenvalue weighted by molar-refractivity contribution is 0.288. The molecule has 2 heteroatoms. The van der Waals surface area contributed by atoms with Gasteiger partial charge >= 0.3 is 0 Å². The number of aryl methyl sites for hydroxylation is 1. The highest BCUT2D eigenvalue weighted by molar-refractivity contribution is 5.51. The van der Waals surface area contributed by atoms with Gasteiger partial charge in [0.15, 0.2) is 0 Å². The van der Waals surface area contributed by atoms with E-state index in [-0.39, 0.29) is 6.61 Å². The van der Waals surface area contributed by atoms with Crippen LogP contribution in [0.1, 0.15) is 12.0 Å². The van der Waals surface area contributed by atoms with E-state index >= 15 is 0 Å². The van der Waals surface area contributed by atoms with Crippen molar-refractivity contribution in [1.29, 1.82) is 0 Å². The zero-order valence-corrected chi connectivity index (χ0v) is 8.89. The van der Waals surface area contributed by atoms with Crippen LogP contribution in [-0.2, 0) is 6.42 Å². The van der Waals surface area contributed by atoms with Crippen molar-refractivity contribution in [2.75, 3.05) is 24.6 Å². The van der Waals surface area contributed by atoms with Crippen molar-refractivity contribution in [3.63, 3.8) is 0 Å². The van der Waals surface area contributed by atoms with Gasteiger partial charge in [0.1, 0.15) is 0 Å². The van der Waals surface area contributed by atoms with Crippen molar-refractivity contribution in [1.82, 2.24) is 0 Å². The van der Waals surface area contributed by atoms with Crippen LogP contribution in [0.3, 0.4) is 0 Å². The van der Waals surface area contributed by atoms with E-state index in [2.05, 4.69) is 41.3 Å². The topological polar surface area (TPSA) is 23.5 Å². The minimum Gasteiger partial charge on any atom is -0.396 e. The van der Waals surface area contributed by atoms with Gasteiger partial charge in [0.25, 0.3) is 0 Å². The molecule has 1 aromatic rings. The molecule has 15 heavy (non-hydrogen) atoms. The summed E-state index contributed by atoms with van der Waals surface area (Å²) in [5, 5.41) is 8.79. The Morgan fingerprint density at radius 3 is 2.73 bits per heavy atom. The largest absolute Gasteiger partial charge is 0.396 e. The molecule has 0 aliphatic carbocycles. The monoisotopic (exact) mass is 203 g/mol. The van der Waals surface area contributed by atoms with Gasteiger partial charge in [0.05, 0.1) is 0 Å². The second-order valence-electron chi connectivity index (χ2n) is 3.87. The van der Waals surface area contributed by atoms with Crippen LogP contribution in [0, 0.1) is 0 Å². The molecule has 1 heterocycles. The van der Waals surface area contributed by atoms with Gasteiger partial charge in [0.2, 0.25) is 0 Å². The summed E-state index contributed by atoms with van der Waals surface area (Å²) in [7, 11) is 0. The smallest absolute Gasteiger partial charge is 0.0434 e. The van der Waals surface area contributed by atoms with Crippen LogP contribution in [0.5, 0.6) is 0 Å². The van der Waals surface area contributed by atoms with Crippen molar-refractivity contribution in [3.05, 3.63) is 42.0 Å². The van der Waals surface area contributed by atoms with E-state index in [0.29, 0.717) is 0 Å². The number of hydrogen-bond donors (Lipinski definition) is 1. The Balaban J connectivity index is 2.04. The van der Waals surface area contributed by atoms with E-state index in [1.165, 1.54) is 11.3 Å². The van der Waals surface area contributed by atoms with Gasteiger partial charge < -0.3 is 10.0 Å². The summed E-state index contributed by atoms with van der Waals surface area (Å²) in [5.41, 5.74) is 2.60. The Hall–Kier alpha value is -1.28. The molecule has 0 amide bonds. The molecule has 2 nitrogen and oxygen atoms in total. The molecule has 0 radical (unpaired) electrons. The average molecular weight is 203 g/mol.